The van der Waals surface area contributed by atoms with E-state index in [0.29, 0.717) is 0 Å². The van der Waals surface area contributed by atoms with E-state index in [0.717, 1.165) is 19.3 Å². The van der Waals surface area contributed by atoms with Crippen LogP contribution in [0.5, 0.6) is 0 Å². The number of ether oxygens (including phenoxy) is 1. The van der Waals surface area contributed by atoms with Crippen molar-refractivity contribution in [2.75, 3.05) is 13.2 Å². The summed E-state index contributed by atoms with van der Waals surface area (Å²) in [5, 5.41) is 17.4. The van der Waals surface area contributed by atoms with Gasteiger partial charge in [-0.25, -0.2) is 0 Å². The maximum Gasteiger partial charge on any atom is 0.0810 e. The fraction of sp³-hybridized carbons (Fsp3) is 1.00. The summed E-state index contributed by atoms with van der Waals surface area (Å²) >= 11 is 0. The van der Waals surface area contributed by atoms with Gasteiger partial charge in [0.15, 0.2) is 0 Å². The highest BCUT2D eigenvalue weighted by molar-refractivity contribution is 4.69. The molecular formula is C7H14O3. The minimum Gasteiger partial charge on any atom is -0.394 e. The summed E-state index contributed by atoms with van der Waals surface area (Å²) in [5.74, 6) is 0. The molecule has 60 valence electrons. The molecule has 0 spiro atoms. The minimum atomic E-state index is -0.0362. The molecule has 0 saturated carbocycles. The Morgan fingerprint density at radius 1 is 1.10 bits per heavy atom. The van der Waals surface area contributed by atoms with E-state index in [1.54, 1.807) is 0 Å². The highest BCUT2D eigenvalue weighted by Gasteiger charge is 2.20. The predicted octanol–water partition coefficient (Wildman–Crippen LogP) is -0.0913. The molecule has 3 nitrogen and oxygen atoms in total. The summed E-state index contributed by atoms with van der Waals surface area (Å²) in [6.07, 6.45) is 2.83. The maximum absolute atomic E-state index is 8.70. The average Bonchev–Trinajstić information content (AvgIpc) is 2.05. The molecule has 1 aliphatic heterocycles. The van der Waals surface area contributed by atoms with Gasteiger partial charge in [0.1, 0.15) is 0 Å². The lowest BCUT2D eigenvalue weighted by Gasteiger charge is -2.27. The van der Waals surface area contributed by atoms with Crippen molar-refractivity contribution in [3.63, 3.8) is 0 Å². The van der Waals surface area contributed by atoms with Crippen molar-refractivity contribution >= 4 is 0 Å². The predicted molar refractivity (Wildman–Crippen MR) is 36.7 cm³/mol. The van der Waals surface area contributed by atoms with Crippen molar-refractivity contribution in [2.24, 2.45) is 0 Å². The Morgan fingerprint density at radius 2 is 1.60 bits per heavy atom. The first-order valence-corrected chi connectivity index (χ1v) is 3.74. The van der Waals surface area contributed by atoms with Crippen LogP contribution in [0.3, 0.4) is 0 Å². The van der Waals surface area contributed by atoms with Crippen LogP contribution >= 0.6 is 0 Å². The summed E-state index contributed by atoms with van der Waals surface area (Å²) in [6.45, 7) is 0.160. The average molecular weight is 146 g/mol. The van der Waals surface area contributed by atoms with Gasteiger partial charge in [-0.3, -0.25) is 0 Å². The Bertz CT molecular complexity index is 84.9. The van der Waals surface area contributed by atoms with Gasteiger partial charge in [0.05, 0.1) is 25.4 Å². The van der Waals surface area contributed by atoms with Crippen LogP contribution in [0, 0.1) is 0 Å². The molecule has 0 radical (unpaired) electrons. The summed E-state index contributed by atoms with van der Waals surface area (Å²) in [4.78, 5) is 0. The first kappa shape index (κ1) is 7.98. The van der Waals surface area contributed by atoms with Crippen LogP contribution in [-0.2, 0) is 4.74 Å². The number of aliphatic hydroxyl groups is 2. The Morgan fingerprint density at radius 3 is 2.00 bits per heavy atom. The number of hydrogen-bond donors (Lipinski definition) is 2. The molecule has 2 atom stereocenters. The molecule has 1 heterocycles. The van der Waals surface area contributed by atoms with Gasteiger partial charge >= 0.3 is 0 Å². The topological polar surface area (TPSA) is 49.7 Å². The Hall–Kier alpha value is -0.120. The van der Waals surface area contributed by atoms with E-state index < -0.39 is 0 Å². The van der Waals surface area contributed by atoms with Crippen molar-refractivity contribution in [2.45, 2.75) is 31.5 Å². The minimum absolute atomic E-state index is 0.0362. The zero-order chi connectivity index (χ0) is 7.40. The van der Waals surface area contributed by atoms with E-state index >= 15 is 0 Å². The molecule has 1 saturated heterocycles. The zero-order valence-corrected chi connectivity index (χ0v) is 5.99. The van der Waals surface area contributed by atoms with E-state index in [2.05, 4.69) is 0 Å². The first-order valence-electron chi connectivity index (χ1n) is 3.74. The number of aliphatic hydroxyl groups excluding tert-OH is 2. The fourth-order valence-corrected chi connectivity index (χ4v) is 1.25. The standard InChI is InChI=1S/C7H14O3/c8-4-6-2-1-3-7(5-9)10-6/h6-9H,1-5H2/t6-,7+. The van der Waals surface area contributed by atoms with E-state index in [1.807, 2.05) is 0 Å². The third-order valence-electron chi connectivity index (χ3n) is 1.84. The molecule has 0 aliphatic carbocycles. The summed E-state index contributed by atoms with van der Waals surface area (Å²) < 4.78 is 5.28. The number of hydrogen-bond acceptors (Lipinski definition) is 3. The van der Waals surface area contributed by atoms with Gasteiger partial charge in [-0.2, -0.15) is 0 Å². The van der Waals surface area contributed by atoms with Gasteiger partial charge in [0.25, 0.3) is 0 Å². The lowest BCUT2D eigenvalue weighted by molar-refractivity contribution is -0.0896. The molecule has 3 heteroatoms. The molecule has 0 unspecified atom stereocenters. The SMILES string of the molecule is OC[C@@H]1CCC[C@H](CO)O1. The van der Waals surface area contributed by atoms with Gasteiger partial charge in [-0.1, -0.05) is 0 Å². The second-order valence-electron chi connectivity index (χ2n) is 2.68. The smallest absolute Gasteiger partial charge is 0.0810 e. The highest BCUT2D eigenvalue weighted by Crippen LogP contribution is 2.17. The molecule has 2 N–H and O–H groups in total. The van der Waals surface area contributed by atoms with Crippen LogP contribution in [0.2, 0.25) is 0 Å². The summed E-state index contributed by atoms with van der Waals surface area (Å²) in [5.41, 5.74) is 0. The van der Waals surface area contributed by atoms with Crippen molar-refractivity contribution in [3.8, 4) is 0 Å². The van der Waals surface area contributed by atoms with E-state index in [4.69, 9.17) is 14.9 Å². The van der Waals surface area contributed by atoms with E-state index in [1.165, 1.54) is 0 Å². The van der Waals surface area contributed by atoms with Crippen LogP contribution in [0.1, 0.15) is 19.3 Å². The van der Waals surface area contributed by atoms with Crippen LogP contribution in [0.25, 0.3) is 0 Å². The Labute approximate surface area is 60.6 Å². The molecule has 1 aliphatic rings. The van der Waals surface area contributed by atoms with Crippen LogP contribution < -0.4 is 0 Å². The van der Waals surface area contributed by atoms with Crippen LogP contribution in [0.4, 0.5) is 0 Å². The maximum atomic E-state index is 8.70. The van der Waals surface area contributed by atoms with Gasteiger partial charge in [-0.15, -0.1) is 0 Å². The first-order chi connectivity index (χ1) is 4.86. The fourth-order valence-electron chi connectivity index (χ4n) is 1.25. The molecule has 1 rings (SSSR count). The molecular weight excluding hydrogens is 132 g/mol. The lowest BCUT2D eigenvalue weighted by Crippen LogP contribution is -2.32. The molecule has 10 heavy (non-hydrogen) atoms. The van der Waals surface area contributed by atoms with E-state index in [-0.39, 0.29) is 25.4 Å². The molecule has 0 amide bonds. The number of rotatable bonds is 2. The quantitative estimate of drug-likeness (QED) is 0.572. The summed E-state index contributed by atoms with van der Waals surface area (Å²) in [6, 6.07) is 0. The lowest BCUT2D eigenvalue weighted by atomic mass is 10.1. The third kappa shape index (κ3) is 1.94. The van der Waals surface area contributed by atoms with Gasteiger partial charge in [0.2, 0.25) is 0 Å². The van der Waals surface area contributed by atoms with Crippen LogP contribution in [-0.4, -0.2) is 35.6 Å². The highest BCUT2D eigenvalue weighted by atomic mass is 16.5. The second-order valence-corrected chi connectivity index (χ2v) is 2.68. The van der Waals surface area contributed by atoms with Gasteiger partial charge < -0.3 is 14.9 Å². The van der Waals surface area contributed by atoms with Gasteiger partial charge in [0, 0.05) is 0 Å². The van der Waals surface area contributed by atoms with Crippen molar-refractivity contribution in [1.29, 1.82) is 0 Å². The Balaban J connectivity index is 2.25. The zero-order valence-electron chi connectivity index (χ0n) is 5.99. The van der Waals surface area contributed by atoms with Crippen molar-refractivity contribution < 1.29 is 14.9 Å². The van der Waals surface area contributed by atoms with Crippen molar-refractivity contribution in [3.05, 3.63) is 0 Å². The molecule has 0 aromatic rings. The summed E-state index contributed by atoms with van der Waals surface area (Å²) in [7, 11) is 0. The molecule has 0 aromatic heterocycles. The van der Waals surface area contributed by atoms with Crippen molar-refractivity contribution in [1.82, 2.24) is 0 Å². The monoisotopic (exact) mass is 146 g/mol. The largest absolute Gasteiger partial charge is 0.394 e. The van der Waals surface area contributed by atoms with E-state index in [9.17, 15) is 0 Å². The van der Waals surface area contributed by atoms with Crippen LogP contribution in [0.15, 0.2) is 0 Å². The third-order valence-corrected chi connectivity index (χ3v) is 1.84. The molecule has 1 fully saturated rings. The molecule has 0 bridgehead atoms. The van der Waals surface area contributed by atoms with Gasteiger partial charge in [-0.05, 0) is 19.3 Å². The second kappa shape index (κ2) is 3.91. The normalized spacial score (nSPS) is 34.2. The molecule has 0 aromatic carbocycles. The Kier molecular flexibility index (Phi) is 3.12.